The van der Waals surface area contributed by atoms with Crippen LogP contribution in [-0.4, -0.2) is 27.9 Å². The maximum absolute atomic E-state index is 11.3. The van der Waals surface area contributed by atoms with E-state index in [0.29, 0.717) is 12.3 Å². The van der Waals surface area contributed by atoms with Crippen LogP contribution in [0, 0.1) is 0 Å². The lowest BCUT2D eigenvalue weighted by atomic mass is 10.3. The lowest BCUT2D eigenvalue weighted by Crippen LogP contribution is -2.16. The molecule has 1 N–H and O–H groups in total. The minimum absolute atomic E-state index is 0.126. The van der Waals surface area contributed by atoms with Gasteiger partial charge in [-0.1, -0.05) is 0 Å². The fourth-order valence-electron chi connectivity index (χ4n) is 0.577. The van der Waals surface area contributed by atoms with E-state index >= 15 is 0 Å². The summed E-state index contributed by atoms with van der Waals surface area (Å²) in [6.07, 6.45) is -0.0876. The third-order valence-corrected chi connectivity index (χ3v) is 4.15. The Kier molecular flexibility index (Phi) is 7.00. The molecule has 3 atom stereocenters. The first kappa shape index (κ1) is 14.0. The van der Waals surface area contributed by atoms with Crippen molar-refractivity contribution in [3.8, 4) is 0 Å². The molecule has 0 saturated carbocycles. The minimum atomic E-state index is -3.74. The number of hydrogen-bond donors (Lipinski definition) is 1. The molecule has 3 unspecified atom stereocenters. The van der Waals surface area contributed by atoms with Crippen molar-refractivity contribution in [3.05, 3.63) is 0 Å². The summed E-state index contributed by atoms with van der Waals surface area (Å²) in [5.41, 5.74) is 0. The van der Waals surface area contributed by atoms with Crippen molar-refractivity contribution >= 4 is 42.4 Å². The molecule has 0 aliphatic carbocycles. The average Bonchev–Trinajstić information content (AvgIpc) is 2.03. The fraction of sp³-hybridized carbons (Fsp3) is 1.00. The van der Waals surface area contributed by atoms with Gasteiger partial charge in [-0.25, -0.2) is 0 Å². The summed E-state index contributed by atoms with van der Waals surface area (Å²) in [6.45, 7) is 1.40. The van der Waals surface area contributed by atoms with Crippen molar-refractivity contribution in [1.29, 1.82) is 0 Å². The quantitative estimate of drug-likeness (QED) is 0.595. The lowest BCUT2D eigenvalue weighted by molar-refractivity contribution is 0.188. The maximum Gasteiger partial charge on any atom is 0.345 e. The van der Waals surface area contributed by atoms with Gasteiger partial charge < -0.3 is 9.42 Å². The van der Waals surface area contributed by atoms with Crippen LogP contribution in [0.5, 0.6) is 0 Å². The molecule has 3 nitrogen and oxygen atoms in total. The number of rotatable bonds is 6. The van der Waals surface area contributed by atoms with Crippen LogP contribution in [0.2, 0.25) is 0 Å². The van der Waals surface area contributed by atoms with Crippen LogP contribution in [0.25, 0.3) is 0 Å². The van der Waals surface area contributed by atoms with Crippen molar-refractivity contribution in [2.45, 2.75) is 24.6 Å². The maximum atomic E-state index is 11.3. The molecule has 0 saturated heterocycles. The Hall–Kier alpha value is 1.02. The summed E-state index contributed by atoms with van der Waals surface area (Å²) in [7, 11) is -3.74. The number of hydrogen-bond acceptors (Lipinski definition) is 2. The predicted octanol–water partition coefficient (Wildman–Crippen LogP) is 3.01. The molecule has 0 aromatic carbocycles. The third kappa shape index (κ3) is 5.46. The summed E-state index contributed by atoms with van der Waals surface area (Å²) < 4.78 is 16.1. The molecule has 0 aromatic heterocycles. The second-order valence-corrected chi connectivity index (χ2v) is 6.26. The second-order valence-electron chi connectivity index (χ2n) is 2.50. The van der Waals surface area contributed by atoms with Crippen molar-refractivity contribution < 1.29 is 14.0 Å². The van der Waals surface area contributed by atoms with Gasteiger partial charge in [-0.05, 0) is 13.3 Å². The first-order chi connectivity index (χ1) is 5.94. The SMILES string of the molecule is CC(Cl)P(=O)(O)OC(CCl)CCCl. The molecule has 7 heteroatoms. The molecule has 0 rings (SSSR count). The minimum Gasteiger partial charge on any atom is -0.323 e. The molecular weight excluding hydrogens is 257 g/mol. The zero-order valence-electron chi connectivity index (χ0n) is 7.12. The standard InChI is InChI=1S/C6H12Cl3O3P/c1-5(9)13(10,11)12-6(4-8)2-3-7/h5-6H,2-4H2,1H3,(H,10,11). The molecule has 0 heterocycles. The average molecular weight is 269 g/mol. The Balaban J connectivity index is 4.14. The van der Waals surface area contributed by atoms with Crippen molar-refractivity contribution in [1.82, 2.24) is 0 Å². The van der Waals surface area contributed by atoms with Crippen LogP contribution in [-0.2, 0) is 9.09 Å². The van der Waals surface area contributed by atoms with E-state index in [-0.39, 0.29) is 5.88 Å². The molecule has 80 valence electrons. The number of alkyl halides is 3. The van der Waals surface area contributed by atoms with Gasteiger partial charge in [0.15, 0.2) is 0 Å². The van der Waals surface area contributed by atoms with Crippen LogP contribution in [0.4, 0.5) is 0 Å². The van der Waals surface area contributed by atoms with Gasteiger partial charge in [-0.3, -0.25) is 4.57 Å². The van der Waals surface area contributed by atoms with E-state index in [1.54, 1.807) is 0 Å². The largest absolute Gasteiger partial charge is 0.345 e. The molecule has 0 aliphatic heterocycles. The van der Waals surface area contributed by atoms with Gasteiger partial charge in [0.05, 0.1) is 6.10 Å². The topological polar surface area (TPSA) is 46.5 Å². The summed E-state index contributed by atoms with van der Waals surface area (Å²) in [6, 6.07) is 0. The molecule has 0 radical (unpaired) electrons. The van der Waals surface area contributed by atoms with Gasteiger partial charge in [0.2, 0.25) is 0 Å². The van der Waals surface area contributed by atoms with Gasteiger partial charge in [0.25, 0.3) is 0 Å². The Morgan fingerprint density at radius 3 is 2.38 bits per heavy atom. The molecule has 0 bridgehead atoms. The van der Waals surface area contributed by atoms with E-state index in [9.17, 15) is 9.46 Å². The van der Waals surface area contributed by atoms with E-state index in [1.807, 2.05) is 0 Å². The first-order valence-corrected chi connectivity index (χ1v) is 6.86. The Labute approximate surface area is 92.8 Å². The fourth-order valence-corrected chi connectivity index (χ4v) is 2.04. The van der Waals surface area contributed by atoms with Gasteiger partial charge in [-0.15, -0.1) is 34.8 Å². The first-order valence-electron chi connectivity index (χ1n) is 3.71. The molecular formula is C6H12Cl3O3P. The second kappa shape index (κ2) is 6.49. The predicted molar refractivity (Wildman–Crippen MR) is 56.1 cm³/mol. The van der Waals surface area contributed by atoms with Crippen LogP contribution in [0.15, 0.2) is 0 Å². The highest BCUT2D eigenvalue weighted by Gasteiger charge is 2.29. The molecule has 0 fully saturated rings. The van der Waals surface area contributed by atoms with E-state index in [4.69, 9.17) is 39.3 Å². The Morgan fingerprint density at radius 2 is 2.08 bits per heavy atom. The van der Waals surface area contributed by atoms with Crippen molar-refractivity contribution in [3.63, 3.8) is 0 Å². The van der Waals surface area contributed by atoms with Gasteiger partial charge in [0, 0.05) is 11.8 Å². The normalized spacial score (nSPS) is 20.7. The van der Waals surface area contributed by atoms with Gasteiger partial charge in [0.1, 0.15) is 5.12 Å². The zero-order valence-corrected chi connectivity index (χ0v) is 10.3. The van der Waals surface area contributed by atoms with Gasteiger partial charge >= 0.3 is 7.60 Å². The van der Waals surface area contributed by atoms with Crippen LogP contribution in [0.1, 0.15) is 13.3 Å². The van der Waals surface area contributed by atoms with E-state index in [0.717, 1.165) is 0 Å². The van der Waals surface area contributed by atoms with Crippen molar-refractivity contribution in [2.24, 2.45) is 0 Å². The Morgan fingerprint density at radius 1 is 1.54 bits per heavy atom. The van der Waals surface area contributed by atoms with Crippen LogP contribution in [0.3, 0.4) is 0 Å². The molecule has 0 amide bonds. The molecule has 0 spiro atoms. The smallest absolute Gasteiger partial charge is 0.323 e. The van der Waals surface area contributed by atoms with Crippen LogP contribution >= 0.6 is 42.4 Å². The van der Waals surface area contributed by atoms with Gasteiger partial charge in [-0.2, -0.15) is 0 Å². The van der Waals surface area contributed by atoms with Crippen LogP contribution < -0.4 is 0 Å². The summed E-state index contributed by atoms with van der Waals surface area (Å²) in [4.78, 5) is 9.22. The summed E-state index contributed by atoms with van der Waals surface area (Å²) >= 11 is 16.4. The highest BCUT2D eigenvalue weighted by molar-refractivity contribution is 7.55. The van der Waals surface area contributed by atoms with E-state index < -0.39 is 18.8 Å². The highest BCUT2D eigenvalue weighted by Crippen LogP contribution is 2.50. The lowest BCUT2D eigenvalue weighted by Gasteiger charge is -2.19. The number of halogens is 3. The van der Waals surface area contributed by atoms with E-state index in [1.165, 1.54) is 6.92 Å². The summed E-state index contributed by atoms with van der Waals surface area (Å²) in [5.74, 6) is 0.453. The molecule has 13 heavy (non-hydrogen) atoms. The molecule has 0 aromatic rings. The highest BCUT2D eigenvalue weighted by atomic mass is 35.5. The molecule has 0 aliphatic rings. The summed E-state index contributed by atoms with van der Waals surface area (Å²) in [5, 5.41) is -0.937. The van der Waals surface area contributed by atoms with E-state index in [2.05, 4.69) is 0 Å². The Bertz CT molecular complexity index is 188. The monoisotopic (exact) mass is 268 g/mol. The van der Waals surface area contributed by atoms with Crippen molar-refractivity contribution in [2.75, 3.05) is 11.8 Å². The zero-order chi connectivity index (χ0) is 10.5. The third-order valence-electron chi connectivity index (χ3n) is 1.35.